The third-order valence-corrected chi connectivity index (χ3v) is 7.13. The lowest BCUT2D eigenvalue weighted by Crippen LogP contribution is -1.73. The Morgan fingerprint density at radius 3 is 1.87 bits per heavy atom. The normalized spacial score (nSPS) is 10.8. The largest absolute Gasteiger partial charge is 0.143 e. The molecule has 0 bridgehead atoms. The third kappa shape index (κ3) is 2.95. The van der Waals surface area contributed by atoms with Crippen LogP contribution in [0.15, 0.2) is 72.6 Å². The second kappa shape index (κ2) is 6.28. The van der Waals surface area contributed by atoms with Gasteiger partial charge in [0.25, 0.3) is 0 Å². The van der Waals surface area contributed by atoms with Crippen molar-refractivity contribution in [2.75, 3.05) is 0 Å². The van der Waals surface area contributed by atoms with E-state index in [0.29, 0.717) is 0 Å². The summed E-state index contributed by atoms with van der Waals surface area (Å²) in [6, 6.07) is 21.7. The van der Waals surface area contributed by atoms with E-state index in [1.165, 1.54) is 29.9 Å². The number of benzene rings is 1. The molecule has 0 aliphatic heterocycles. The molecule has 0 aliphatic carbocycles. The van der Waals surface area contributed by atoms with Gasteiger partial charge in [-0.05, 0) is 46.8 Å². The monoisotopic (exact) mass is 350 g/mol. The van der Waals surface area contributed by atoms with Gasteiger partial charge in [-0.25, -0.2) is 0 Å². The van der Waals surface area contributed by atoms with Crippen LogP contribution in [0.4, 0.5) is 0 Å². The molecule has 112 valence electrons. The van der Waals surface area contributed by atoms with Gasteiger partial charge in [0.2, 0.25) is 0 Å². The molecule has 0 nitrogen and oxygen atoms in total. The van der Waals surface area contributed by atoms with Crippen molar-refractivity contribution in [2.45, 2.75) is 0 Å². The zero-order chi connectivity index (χ0) is 15.6. The Morgan fingerprint density at radius 1 is 0.652 bits per heavy atom. The molecule has 0 unspecified atom stereocenters. The van der Waals surface area contributed by atoms with Crippen molar-refractivity contribution in [3.05, 3.63) is 78.2 Å². The summed E-state index contributed by atoms with van der Waals surface area (Å²) in [6.45, 7) is 3.81. The molecule has 0 spiro atoms. The number of hydrogen-bond acceptors (Lipinski definition) is 3. The summed E-state index contributed by atoms with van der Waals surface area (Å²) in [6.07, 6.45) is 1.88. The molecule has 4 aromatic rings. The van der Waals surface area contributed by atoms with Crippen LogP contribution in [0.25, 0.3) is 36.0 Å². The predicted octanol–water partition coefficient (Wildman–Crippen LogP) is 7.52. The maximum Gasteiger partial charge on any atom is 0.0449 e. The van der Waals surface area contributed by atoms with Crippen LogP contribution >= 0.6 is 34.0 Å². The molecule has 3 aromatic heterocycles. The first kappa shape index (κ1) is 14.6. The lowest BCUT2D eigenvalue weighted by Gasteiger charge is -1.98. The standard InChI is InChI=1S/C20H14S3/c1-2-14-5-7-15(8-6-14)16-9-10-19(22-16)20-12-11-18(23-20)17-4-3-13-21-17/h2-13H,1H2. The van der Waals surface area contributed by atoms with Gasteiger partial charge in [-0.15, -0.1) is 34.0 Å². The van der Waals surface area contributed by atoms with Crippen molar-refractivity contribution in [3.63, 3.8) is 0 Å². The molecule has 0 radical (unpaired) electrons. The summed E-state index contributed by atoms with van der Waals surface area (Å²) < 4.78 is 0. The molecule has 0 amide bonds. The third-order valence-electron chi connectivity index (χ3n) is 3.65. The molecule has 3 heterocycles. The minimum Gasteiger partial charge on any atom is -0.143 e. The van der Waals surface area contributed by atoms with Crippen molar-refractivity contribution < 1.29 is 0 Å². The lowest BCUT2D eigenvalue weighted by molar-refractivity contribution is 1.66. The summed E-state index contributed by atoms with van der Waals surface area (Å²) in [4.78, 5) is 6.67. The second-order valence-corrected chi connectivity index (χ2v) is 8.25. The molecule has 0 aliphatic rings. The highest BCUT2D eigenvalue weighted by molar-refractivity contribution is 7.27. The van der Waals surface area contributed by atoms with Gasteiger partial charge in [0, 0.05) is 24.4 Å². The van der Waals surface area contributed by atoms with Gasteiger partial charge < -0.3 is 0 Å². The van der Waals surface area contributed by atoms with E-state index in [4.69, 9.17) is 0 Å². The fourth-order valence-electron chi connectivity index (χ4n) is 2.43. The minimum atomic E-state index is 1.16. The Kier molecular flexibility index (Phi) is 4.00. The highest BCUT2D eigenvalue weighted by Crippen LogP contribution is 2.41. The van der Waals surface area contributed by atoms with E-state index in [0.717, 1.165) is 5.56 Å². The molecular weight excluding hydrogens is 336 g/mol. The van der Waals surface area contributed by atoms with E-state index in [9.17, 15) is 0 Å². The van der Waals surface area contributed by atoms with Crippen LogP contribution < -0.4 is 0 Å². The molecule has 3 heteroatoms. The summed E-state index contributed by atoms with van der Waals surface area (Å²) in [5, 5.41) is 2.13. The Morgan fingerprint density at radius 2 is 1.26 bits per heavy atom. The summed E-state index contributed by atoms with van der Waals surface area (Å²) in [5.74, 6) is 0. The average Bonchev–Trinajstić information content (AvgIpc) is 3.34. The Balaban J connectivity index is 1.63. The summed E-state index contributed by atoms with van der Waals surface area (Å²) in [7, 11) is 0. The van der Waals surface area contributed by atoms with Crippen LogP contribution in [0.1, 0.15) is 5.56 Å². The zero-order valence-electron chi connectivity index (χ0n) is 12.4. The molecule has 0 atom stereocenters. The van der Waals surface area contributed by atoms with Crippen molar-refractivity contribution in [3.8, 4) is 29.9 Å². The average molecular weight is 351 g/mol. The number of hydrogen-bond donors (Lipinski definition) is 0. The van der Waals surface area contributed by atoms with E-state index >= 15 is 0 Å². The summed E-state index contributed by atoms with van der Waals surface area (Å²) in [5.41, 5.74) is 2.42. The smallest absolute Gasteiger partial charge is 0.0449 e. The van der Waals surface area contributed by atoms with Gasteiger partial charge in [-0.3, -0.25) is 0 Å². The van der Waals surface area contributed by atoms with Gasteiger partial charge >= 0.3 is 0 Å². The highest BCUT2D eigenvalue weighted by Gasteiger charge is 2.09. The fourth-order valence-corrected chi connectivity index (χ4v) is 5.37. The molecule has 0 N–H and O–H groups in total. The van der Waals surface area contributed by atoms with Crippen LogP contribution in [0.3, 0.4) is 0 Å². The van der Waals surface area contributed by atoms with Crippen LogP contribution in [0.5, 0.6) is 0 Å². The van der Waals surface area contributed by atoms with E-state index in [2.05, 4.69) is 72.6 Å². The predicted molar refractivity (Wildman–Crippen MR) is 106 cm³/mol. The number of rotatable bonds is 4. The Hall–Kier alpha value is -1.94. The lowest BCUT2D eigenvalue weighted by atomic mass is 10.1. The van der Waals surface area contributed by atoms with E-state index < -0.39 is 0 Å². The fraction of sp³-hybridized carbons (Fsp3) is 0. The Bertz CT molecular complexity index is 922. The van der Waals surface area contributed by atoms with Crippen LogP contribution in [0, 0.1) is 0 Å². The second-order valence-electron chi connectivity index (χ2n) is 5.13. The van der Waals surface area contributed by atoms with E-state index in [1.807, 2.05) is 28.7 Å². The van der Waals surface area contributed by atoms with E-state index in [1.54, 1.807) is 11.3 Å². The highest BCUT2D eigenvalue weighted by atomic mass is 32.1. The Labute approximate surface area is 148 Å². The van der Waals surface area contributed by atoms with Crippen LogP contribution in [-0.2, 0) is 0 Å². The molecule has 0 saturated carbocycles. The topological polar surface area (TPSA) is 0 Å². The first-order valence-electron chi connectivity index (χ1n) is 7.30. The minimum absolute atomic E-state index is 1.16. The van der Waals surface area contributed by atoms with Crippen molar-refractivity contribution in [1.29, 1.82) is 0 Å². The van der Waals surface area contributed by atoms with E-state index in [-0.39, 0.29) is 0 Å². The van der Waals surface area contributed by atoms with Crippen molar-refractivity contribution >= 4 is 40.1 Å². The maximum absolute atomic E-state index is 3.81. The molecule has 4 rings (SSSR count). The molecule has 1 aromatic carbocycles. The zero-order valence-corrected chi connectivity index (χ0v) is 14.8. The SMILES string of the molecule is C=Cc1ccc(-c2ccc(-c3ccc(-c4cccs4)s3)s2)cc1. The van der Waals surface area contributed by atoms with Gasteiger partial charge in [0.15, 0.2) is 0 Å². The van der Waals surface area contributed by atoms with Gasteiger partial charge in [-0.2, -0.15) is 0 Å². The number of thiophene rings is 3. The molecule has 0 fully saturated rings. The van der Waals surface area contributed by atoms with Crippen molar-refractivity contribution in [1.82, 2.24) is 0 Å². The maximum atomic E-state index is 3.81. The molecule has 0 saturated heterocycles. The quantitative estimate of drug-likeness (QED) is 0.357. The molecule has 23 heavy (non-hydrogen) atoms. The van der Waals surface area contributed by atoms with Crippen LogP contribution in [0.2, 0.25) is 0 Å². The van der Waals surface area contributed by atoms with Crippen LogP contribution in [-0.4, -0.2) is 0 Å². The van der Waals surface area contributed by atoms with Gasteiger partial charge in [0.1, 0.15) is 0 Å². The van der Waals surface area contributed by atoms with Crippen molar-refractivity contribution in [2.24, 2.45) is 0 Å². The molecular formula is C20H14S3. The van der Waals surface area contributed by atoms with Gasteiger partial charge in [-0.1, -0.05) is 43.0 Å². The first-order valence-corrected chi connectivity index (χ1v) is 9.81. The summed E-state index contributed by atoms with van der Waals surface area (Å²) >= 11 is 5.51. The first-order chi connectivity index (χ1) is 11.3. The van der Waals surface area contributed by atoms with Gasteiger partial charge in [0.05, 0.1) is 0 Å².